The SMILES string of the molecule is CCCCc1ccc(CCCC)c(C(=O)C(F)(F)F)c1. The molecule has 20 heavy (non-hydrogen) atoms. The van der Waals surface area contributed by atoms with Gasteiger partial charge in [0.25, 0.3) is 5.78 Å². The first-order chi connectivity index (χ1) is 9.40. The van der Waals surface area contributed by atoms with Crippen molar-refractivity contribution >= 4 is 5.78 Å². The van der Waals surface area contributed by atoms with E-state index in [9.17, 15) is 18.0 Å². The van der Waals surface area contributed by atoms with E-state index < -0.39 is 12.0 Å². The number of Topliss-reactive ketones (excluding diaryl/α,β-unsaturated/α-hetero) is 1. The molecule has 4 heteroatoms. The Hall–Kier alpha value is -1.32. The molecule has 112 valence electrons. The Bertz CT molecular complexity index is 450. The van der Waals surface area contributed by atoms with Gasteiger partial charge in [-0.2, -0.15) is 13.2 Å². The molecular weight excluding hydrogens is 265 g/mol. The zero-order valence-electron chi connectivity index (χ0n) is 12.0. The summed E-state index contributed by atoms with van der Waals surface area (Å²) in [4.78, 5) is 11.6. The number of aryl methyl sites for hydroxylation is 2. The largest absolute Gasteiger partial charge is 0.454 e. The van der Waals surface area contributed by atoms with Gasteiger partial charge in [0.1, 0.15) is 0 Å². The van der Waals surface area contributed by atoms with Gasteiger partial charge in [-0.15, -0.1) is 0 Å². The lowest BCUT2D eigenvalue weighted by molar-refractivity contribution is -0.0885. The number of carbonyl (C=O) groups is 1. The third-order valence-corrected chi connectivity index (χ3v) is 3.30. The third-order valence-electron chi connectivity index (χ3n) is 3.30. The van der Waals surface area contributed by atoms with Crippen LogP contribution in [-0.2, 0) is 12.8 Å². The molecule has 0 saturated heterocycles. The van der Waals surface area contributed by atoms with Crippen LogP contribution in [0.2, 0.25) is 0 Å². The molecule has 0 spiro atoms. The van der Waals surface area contributed by atoms with E-state index in [4.69, 9.17) is 0 Å². The smallest absolute Gasteiger partial charge is 0.284 e. The number of hydrogen-bond acceptors (Lipinski definition) is 1. The van der Waals surface area contributed by atoms with Crippen LogP contribution in [0.1, 0.15) is 61.0 Å². The van der Waals surface area contributed by atoms with Gasteiger partial charge in [0.15, 0.2) is 0 Å². The summed E-state index contributed by atoms with van der Waals surface area (Å²) in [6.07, 6.45) is -0.0213. The monoisotopic (exact) mass is 286 g/mol. The highest BCUT2D eigenvalue weighted by molar-refractivity contribution is 6.01. The first kappa shape index (κ1) is 16.7. The molecule has 0 heterocycles. The molecule has 0 fully saturated rings. The maximum absolute atomic E-state index is 12.7. The molecule has 0 bridgehead atoms. The second-order valence-electron chi connectivity index (χ2n) is 5.03. The molecule has 0 N–H and O–H groups in total. The fourth-order valence-electron chi connectivity index (χ4n) is 2.11. The van der Waals surface area contributed by atoms with Crippen molar-refractivity contribution in [2.45, 2.75) is 58.5 Å². The normalized spacial score (nSPS) is 11.7. The average molecular weight is 286 g/mol. The summed E-state index contributed by atoms with van der Waals surface area (Å²) in [7, 11) is 0. The van der Waals surface area contributed by atoms with E-state index in [-0.39, 0.29) is 5.56 Å². The van der Waals surface area contributed by atoms with E-state index in [2.05, 4.69) is 0 Å². The Balaban J connectivity index is 3.08. The van der Waals surface area contributed by atoms with Crippen LogP contribution in [0.4, 0.5) is 13.2 Å². The van der Waals surface area contributed by atoms with E-state index in [0.29, 0.717) is 18.4 Å². The van der Waals surface area contributed by atoms with Crippen molar-refractivity contribution < 1.29 is 18.0 Å². The molecule has 1 aromatic carbocycles. The molecule has 0 aliphatic heterocycles. The van der Waals surface area contributed by atoms with Crippen LogP contribution in [0.15, 0.2) is 18.2 Å². The van der Waals surface area contributed by atoms with Crippen molar-refractivity contribution in [1.29, 1.82) is 0 Å². The molecule has 0 aliphatic rings. The maximum atomic E-state index is 12.7. The van der Waals surface area contributed by atoms with Crippen molar-refractivity contribution in [1.82, 2.24) is 0 Å². The minimum absolute atomic E-state index is 0.167. The van der Waals surface area contributed by atoms with Crippen LogP contribution in [0.5, 0.6) is 0 Å². The second kappa shape index (κ2) is 7.46. The van der Waals surface area contributed by atoms with Gasteiger partial charge in [0.2, 0.25) is 0 Å². The van der Waals surface area contributed by atoms with E-state index in [1.807, 2.05) is 19.9 Å². The van der Waals surface area contributed by atoms with Gasteiger partial charge < -0.3 is 0 Å². The van der Waals surface area contributed by atoms with Crippen molar-refractivity contribution in [3.05, 3.63) is 34.9 Å². The second-order valence-corrected chi connectivity index (χ2v) is 5.03. The summed E-state index contributed by atoms with van der Waals surface area (Å²) < 4.78 is 38.0. The summed E-state index contributed by atoms with van der Waals surface area (Å²) in [5.74, 6) is -1.72. The molecule has 0 amide bonds. The number of ketones is 1. The lowest BCUT2D eigenvalue weighted by atomic mass is 9.95. The number of unbranched alkanes of at least 4 members (excludes halogenated alkanes) is 2. The summed E-state index contributed by atoms with van der Waals surface area (Å²) in [6.45, 7) is 4.00. The molecule has 0 atom stereocenters. The Morgan fingerprint density at radius 2 is 1.65 bits per heavy atom. The molecule has 1 aromatic rings. The lowest BCUT2D eigenvalue weighted by Crippen LogP contribution is -2.24. The molecule has 1 rings (SSSR count). The Labute approximate surface area is 118 Å². The van der Waals surface area contributed by atoms with Crippen LogP contribution in [0.25, 0.3) is 0 Å². The standard InChI is InChI=1S/C16H21F3O/c1-3-5-7-12-9-10-13(8-6-4-2)14(11-12)15(20)16(17,18)19/h9-11H,3-8H2,1-2H3. The number of carbonyl (C=O) groups excluding carboxylic acids is 1. The predicted octanol–water partition coefficient (Wildman–Crippen LogP) is 5.12. The first-order valence-corrected chi connectivity index (χ1v) is 7.13. The predicted molar refractivity (Wildman–Crippen MR) is 74.1 cm³/mol. The lowest BCUT2D eigenvalue weighted by Gasteiger charge is -2.12. The van der Waals surface area contributed by atoms with Crippen molar-refractivity contribution in [2.75, 3.05) is 0 Å². The minimum atomic E-state index is -4.80. The fraction of sp³-hybridized carbons (Fsp3) is 0.562. The number of hydrogen-bond donors (Lipinski definition) is 0. The Morgan fingerprint density at radius 3 is 2.20 bits per heavy atom. The minimum Gasteiger partial charge on any atom is -0.284 e. The van der Waals surface area contributed by atoms with E-state index in [1.54, 1.807) is 6.07 Å². The summed E-state index contributed by atoms with van der Waals surface area (Å²) in [5.41, 5.74) is 1.15. The highest BCUT2D eigenvalue weighted by Crippen LogP contribution is 2.26. The fourth-order valence-corrected chi connectivity index (χ4v) is 2.11. The summed E-state index contributed by atoms with van der Waals surface area (Å²) in [5, 5.41) is 0. The average Bonchev–Trinajstić information content (AvgIpc) is 2.41. The van der Waals surface area contributed by atoms with E-state index in [1.165, 1.54) is 6.07 Å². The molecular formula is C16H21F3O. The molecule has 0 aromatic heterocycles. The van der Waals surface area contributed by atoms with Gasteiger partial charge in [0, 0.05) is 5.56 Å². The number of rotatable bonds is 7. The van der Waals surface area contributed by atoms with E-state index in [0.717, 1.165) is 31.2 Å². The number of benzene rings is 1. The quantitative estimate of drug-likeness (QED) is 0.636. The number of halogens is 3. The zero-order valence-corrected chi connectivity index (χ0v) is 12.0. The molecule has 0 aliphatic carbocycles. The molecule has 0 unspecified atom stereocenters. The van der Waals surface area contributed by atoms with Crippen molar-refractivity contribution in [3.8, 4) is 0 Å². The van der Waals surface area contributed by atoms with Crippen LogP contribution in [0, 0.1) is 0 Å². The van der Waals surface area contributed by atoms with Gasteiger partial charge in [-0.05, 0) is 42.9 Å². The van der Waals surface area contributed by atoms with Crippen LogP contribution < -0.4 is 0 Å². The zero-order chi connectivity index (χ0) is 15.2. The summed E-state index contributed by atoms with van der Waals surface area (Å²) >= 11 is 0. The summed E-state index contributed by atoms with van der Waals surface area (Å²) in [6, 6.07) is 4.95. The Kier molecular flexibility index (Phi) is 6.24. The van der Waals surface area contributed by atoms with Crippen molar-refractivity contribution in [3.63, 3.8) is 0 Å². The van der Waals surface area contributed by atoms with Gasteiger partial charge in [-0.3, -0.25) is 4.79 Å². The Morgan fingerprint density at radius 1 is 1.05 bits per heavy atom. The van der Waals surface area contributed by atoms with E-state index >= 15 is 0 Å². The number of alkyl halides is 3. The third kappa shape index (κ3) is 4.66. The first-order valence-electron chi connectivity index (χ1n) is 7.13. The van der Waals surface area contributed by atoms with Crippen LogP contribution in [0.3, 0.4) is 0 Å². The van der Waals surface area contributed by atoms with Crippen LogP contribution in [-0.4, -0.2) is 12.0 Å². The van der Waals surface area contributed by atoms with Crippen LogP contribution >= 0.6 is 0 Å². The molecule has 0 saturated carbocycles. The molecule has 1 nitrogen and oxygen atoms in total. The van der Waals surface area contributed by atoms with Gasteiger partial charge in [0.05, 0.1) is 0 Å². The molecule has 0 radical (unpaired) electrons. The highest BCUT2D eigenvalue weighted by Gasteiger charge is 2.40. The maximum Gasteiger partial charge on any atom is 0.454 e. The van der Waals surface area contributed by atoms with Crippen molar-refractivity contribution in [2.24, 2.45) is 0 Å². The highest BCUT2D eigenvalue weighted by atomic mass is 19.4. The topological polar surface area (TPSA) is 17.1 Å². The van der Waals surface area contributed by atoms with Gasteiger partial charge in [-0.1, -0.05) is 38.8 Å². The van der Waals surface area contributed by atoms with Gasteiger partial charge >= 0.3 is 6.18 Å². The van der Waals surface area contributed by atoms with Gasteiger partial charge in [-0.25, -0.2) is 0 Å².